The van der Waals surface area contributed by atoms with Crippen LogP contribution in [0.3, 0.4) is 0 Å². The standard InChI is InChI=1S/C63H59BN2S/c1-60(2,3)42-22-27-45(28-23-42)65-53-31-26-44(62(7,8)9)35-52(53)64-57-54(65)33-41(40-21-20-38-16-12-13-17-39(38)32-40)34-55(57)66(46-29-24-43(25-30-46)61(4,5)6)58-49-36-48-47-18-14-15-19-50(47)63(10,11)51(48)37-56(49)67-59(58)64/h12-37H,1-11H3. The van der Waals surface area contributed by atoms with Crippen molar-refractivity contribution in [3.63, 3.8) is 0 Å². The van der Waals surface area contributed by atoms with E-state index in [0.717, 1.165) is 0 Å². The van der Waals surface area contributed by atoms with Crippen LogP contribution in [0.25, 0.3) is 43.1 Å². The molecule has 0 N–H and O–H groups in total. The van der Waals surface area contributed by atoms with Gasteiger partial charge in [-0.1, -0.05) is 173 Å². The van der Waals surface area contributed by atoms with Gasteiger partial charge in [0.25, 0.3) is 6.71 Å². The summed E-state index contributed by atoms with van der Waals surface area (Å²) in [6.07, 6.45) is 0. The number of benzene rings is 8. The Morgan fingerprint density at radius 3 is 1.70 bits per heavy atom. The Labute approximate surface area is 402 Å². The topological polar surface area (TPSA) is 6.48 Å². The first-order valence-electron chi connectivity index (χ1n) is 24.2. The first kappa shape index (κ1) is 42.0. The summed E-state index contributed by atoms with van der Waals surface area (Å²) in [7, 11) is 0. The maximum Gasteiger partial charge on any atom is 0.264 e. The molecule has 2 nitrogen and oxygen atoms in total. The third-order valence-corrected chi connectivity index (χ3v) is 16.5. The van der Waals surface area contributed by atoms with Crippen LogP contribution in [0.2, 0.25) is 0 Å². The average molecular weight is 887 g/mol. The number of fused-ring (bicyclic) bond motifs is 10. The molecule has 330 valence electrons. The summed E-state index contributed by atoms with van der Waals surface area (Å²) in [4.78, 5) is 5.24. The minimum Gasteiger partial charge on any atom is -0.311 e. The lowest BCUT2D eigenvalue weighted by Gasteiger charge is -2.44. The van der Waals surface area contributed by atoms with Gasteiger partial charge in [-0.25, -0.2) is 0 Å². The number of anilines is 6. The molecule has 2 aliphatic heterocycles. The second-order valence-corrected chi connectivity index (χ2v) is 24.2. The fourth-order valence-corrected chi connectivity index (χ4v) is 12.8. The van der Waals surface area contributed by atoms with E-state index in [4.69, 9.17) is 0 Å². The molecule has 67 heavy (non-hydrogen) atoms. The predicted octanol–water partition coefficient (Wildman–Crippen LogP) is 16.0. The lowest BCUT2D eigenvalue weighted by atomic mass is 9.36. The molecule has 12 rings (SSSR count). The molecule has 0 saturated carbocycles. The zero-order valence-electron chi connectivity index (χ0n) is 40.9. The van der Waals surface area contributed by atoms with E-state index in [-0.39, 0.29) is 28.4 Å². The summed E-state index contributed by atoms with van der Waals surface area (Å²) < 4.78 is 2.76. The molecule has 4 heteroatoms. The van der Waals surface area contributed by atoms with E-state index in [1.54, 1.807) is 0 Å². The molecule has 1 aliphatic carbocycles. The summed E-state index contributed by atoms with van der Waals surface area (Å²) in [6, 6.07) is 61.2. The molecule has 0 unspecified atom stereocenters. The van der Waals surface area contributed by atoms with Gasteiger partial charge >= 0.3 is 0 Å². The Morgan fingerprint density at radius 2 is 1.04 bits per heavy atom. The highest BCUT2D eigenvalue weighted by Gasteiger charge is 2.47. The molecular formula is C63H59BN2S. The Morgan fingerprint density at radius 1 is 0.463 bits per heavy atom. The number of rotatable bonds is 3. The van der Waals surface area contributed by atoms with Gasteiger partial charge in [0.05, 0.1) is 5.69 Å². The van der Waals surface area contributed by atoms with Crippen molar-refractivity contribution in [2.24, 2.45) is 0 Å². The number of thiophene rings is 1. The molecular weight excluding hydrogens is 828 g/mol. The molecule has 0 spiro atoms. The first-order valence-corrected chi connectivity index (χ1v) is 25.0. The summed E-state index contributed by atoms with van der Waals surface area (Å²) >= 11 is 2.01. The van der Waals surface area contributed by atoms with Crippen LogP contribution in [0, 0.1) is 0 Å². The predicted molar refractivity (Wildman–Crippen MR) is 292 cm³/mol. The highest BCUT2D eigenvalue weighted by molar-refractivity contribution is 7.33. The van der Waals surface area contributed by atoms with Crippen molar-refractivity contribution in [2.45, 2.75) is 97.8 Å². The van der Waals surface area contributed by atoms with Gasteiger partial charge in [0.2, 0.25) is 0 Å². The van der Waals surface area contributed by atoms with Gasteiger partial charge in [-0.2, -0.15) is 0 Å². The minimum absolute atomic E-state index is 0.0192. The van der Waals surface area contributed by atoms with Crippen molar-refractivity contribution >= 4 is 88.7 Å². The van der Waals surface area contributed by atoms with Gasteiger partial charge in [0, 0.05) is 48.7 Å². The molecule has 1 aromatic heterocycles. The number of nitrogens with zero attached hydrogens (tertiary/aromatic N) is 2. The molecule has 0 radical (unpaired) electrons. The van der Waals surface area contributed by atoms with E-state index >= 15 is 0 Å². The Kier molecular flexibility index (Phi) is 8.99. The maximum atomic E-state index is 2.65. The van der Waals surface area contributed by atoms with Crippen LogP contribution in [0.4, 0.5) is 34.1 Å². The Balaban J connectivity index is 1.21. The fourth-order valence-electron chi connectivity index (χ4n) is 11.4. The second kappa shape index (κ2) is 14.3. The van der Waals surface area contributed by atoms with E-state index in [2.05, 4.69) is 244 Å². The highest BCUT2D eigenvalue weighted by atomic mass is 32.1. The Hall–Kier alpha value is -6.36. The average Bonchev–Trinajstić information content (AvgIpc) is 3.78. The van der Waals surface area contributed by atoms with Gasteiger partial charge in [0.1, 0.15) is 0 Å². The molecule has 3 aliphatic rings. The third-order valence-electron chi connectivity index (χ3n) is 15.3. The molecule has 0 fully saturated rings. The first-order chi connectivity index (χ1) is 31.9. The normalized spacial score (nSPS) is 14.8. The zero-order chi connectivity index (χ0) is 46.5. The molecule has 0 atom stereocenters. The van der Waals surface area contributed by atoms with Crippen LogP contribution in [-0.2, 0) is 21.7 Å². The fraction of sp³-hybridized carbons (Fsp3) is 0.238. The molecule has 0 bridgehead atoms. The van der Waals surface area contributed by atoms with Crippen molar-refractivity contribution in [1.29, 1.82) is 0 Å². The molecule has 9 aromatic rings. The largest absolute Gasteiger partial charge is 0.311 e. The van der Waals surface area contributed by atoms with E-state index < -0.39 is 0 Å². The summed E-state index contributed by atoms with van der Waals surface area (Å²) in [5.74, 6) is 0. The second-order valence-electron chi connectivity index (χ2n) is 23.1. The molecule has 3 heterocycles. The van der Waals surface area contributed by atoms with Crippen LogP contribution in [-0.4, -0.2) is 6.71 Å². The maximum absolute atomic E-state index is 2.65. The minimum atomic E-state index is -0.0972. The molecule has 0 saturated heterocycles. The van der Waals surface area contributed by atoms with Crippen LogP contribution >= 0.6 is 11.3 Å². The van der Waals surface area contributed by atoms with Gasteiger partial charge in [-0.05, 0) is 149 Å². The van der Waals surface area contributed by atoms with E-state index in [0.29, 0.717) is 0 Å². The van der Waals surface area contributed by atoms with E-state index in [1.807, 2.05) is 11.3 Å². The third kappa shape index (κ3) is 6.42. The lowest BCUT2D eigenvalue weighted by Crippen LogP contribution is -2.60. The van der Waals surface area contributed by atoms with Crippen molar-refractivity contribution in [3.8, 4) is 22.3 Å². The van der Waals surface area contributed by atoms with Crippen LogP contribution in [0.1, 0.15) is 104 Å². The smallest absolute Gasteiger partial charge is 0.264 e. The number of hydrogen-bond donors (Lipinski definition) is 0. The van der Waals surface area contributed by atoms with Gasteiger partial charge in [0.15, 0.2) is 0 Å². The van der Waals surface area contributed by atoms with Gasteiger partial charge < -0.3 is 9.80 Å². The lowest BCUT2D eigenvalue weighted by molar-refractivity contribution is 0.590. The van der Waals surface area contributed by atoms with E-state index in [1.165, 1.54) is 121 Å². The SMILES string of the molecule is CC(C)(C)c1ccc(N2c3ccc(C(C)(C)C)cc3B3c4sc5cc6c(cc5c4N(c4ccc(C(C)(C)C)cc4)c4cc(-c5ccc7ccccc7c5)cc2c43)-c2ccccc2C6(C)C)cc1. The number of hydrogen-bond acceptors (Lipinski definition) is 3. The van der Waals surface area contributed by atoms with Gasteiger partial charge in [-0.3, -0.25) is 0 Å². The summed E-state index contributed by atoms with van der Waals surface area (Å²) in [5.41, 5.74) is 22.0. The van der Waals surface area contributed by atoms with Crippen LogP contribution in [0.15, 0.2) is 158 Å². The van der Waals surface area contributed by atoms with E-state index in [9.17, 15) is 0 Å². The van der Waals surface area contributed by atoms with Crippen LogP contribution in [0.5, 0.6) is 0 Å². The zero-order valence-corrected chi connectivity index (χ0v) is 41.7. The van der Waals surface area contributed by atoms with Crippen LogP contribution < -0.4 is 25.5 Å². The van der Waals surface area contributed by atoms with Crippen molar-refractivity contribution in [3.05, 3.63) is 186 Å². The molecule has 0 amide bonds. The summed E-state index contributed by atoms with van der Waals surface area (Å²) in [5, 5.41) is 3.82. The Bertz CT molecular complexity index is 3500. The monoisotopic (exact) mass is 886 g/mol. The van der Waals surface area contributed by atoms with Crippen molar-refractivity contribution in [1.82, 2.24) is 0 Å². The quantitative estimate of drug-likeness (QED) is 0.163. The summed E-state index contributed by atoms with van der Waals surface area (Å²) in [6.45, 7) is 25.7. The van der Waals surface area contributed by atoms with Crippen molar-refractivity contribution < 1.29 is 0 Å². The highest BCUT2D eigenvalue weighted by Crippen LogP contribution is 2.54. The molecule has 8 aromatic carbocycles. The van der Waals surface area contributed by atoms with Crippen molar-refractivity contribution in [2.75, 3.05) is 9.80 Å². The van der Waals surface area contributed by atoms with Gasteiger partial charge in [-0.15, -0.1) is 11.3 Å².